The molecule has 0 bridgehead atoms. The maximum absolute atomic E-state index is 11.9. The molecule has 1 aliphatic heterocycles. The molecule has 1 unspecified atom stereocenters. The summed E-state index contributed by atoms with van der Waals surface area (Å²) in [6, 6.07) is 6.03. The Bertz CT molecular complexity index is 468. The molecule has 1 aliphatic rings. The number of fused-ring (bicyclic) bond motifs is 1. The lowest BCUT2D eigenvalue weighted by Crippen LogP contribution is -2.22. The third-order valence-electron chi connectivity index (χ3n) is 3.89. The van der Waals surface area contributed by atoms with Crippen molar-refractivity contribution in [1.29, 1.82) is 0 Å². The number of hydrogen-bond donors (Lipinski definition) is 2. The summed E-state index contributed by atoms with van der Waals surface area (Å²) < 4.78 is 0. The number of amides is 1. The Hall–Kier alpha value is -1.51. The van der Waals surface area contributed by atoms with Gasteiger partial charge < -0.3 is 10.6 Å². The van der Waals surface area contributed by atoms with Crippen molar-refractivity contribution in [1.82, 2.24) is 5.32 Å². The number of rotatable bonds is 4. The lowest BCUT2D eigenvalue weighted by Gasteiger charge is -2.16. The Balaban J connectivity index is 2.18. The molecule has 2 N–H and O–H groups in total. The molecule has 0 saturated carbocycles. The molecule has 1 atom stereocenters. The minimum Gasteiger partial charge on any atom is -0.385 e. The van der Waals surface area contributed by atoms with Gasteiger partial charge in [-0.3, -0.25) is 4.79 Å². The van der Waals surface area contributed by atoms with Gasteiger partial charge in [-0.2, -0.15) is 0 Å². The Morgan fingerprint density at radius 3 is 2.95 bits per heavy atom. The number of anilines is 1. The first-order chi connectivity index (χ1) is 9.60. The van der Waals surface area contributed by atoms with Crippen LogP contribution in [0.25, 0.3) is 0 Å². The average molecular weight is 274 g/mol. The van der Waals surface area contributed by atoms with E-state index in [-0.39, 0.29) is 5.91 Å². The van der Waals surface area contributed by atoms with Gasteiger partial charge in [0.1, 0.15) is 0 Å². The van der Waals surface area contributed by atoms with Gasteiger partial charge in [-0.05, 0) is 61.8 Å². The standard InChI is InChI=1S/C17H26N2O/c1-4-18-17(20)14-5-6-16-15(11-14)10-13(7-8-19-16)9-12(2)3/h5-6,11-13,19H,4,7-10H2,1-3H3,(H,18,20). The zero-order valence-electron chi connectivity index (χ0n) is 12.8. The van der Waals surface area contributed by atoms with Crippen LogP contribution < -0.4 is 10.6 Å². The summed E-state index contributed by atoms with van der Waals surface area (Å²) >= 11 is 0. The van der Waals surface area contributed by atoms with Crippen molar-refractivity contribution < 1.29 is 4.79 Å². The van der Waals surface area contributed by atoms with Crippen LogP contribution in [0.15, 0.2) is 18.2 Å². The number of hydrogen-bond acceptors (Lipinski definition) is 2. The molecule has 0 spiro atoms. The van der Waals surface area contributed by atoms with Gasteiger partial charge in [-0.25, -0.2) is 0 Å². The Kier molecular flexibility index (Phi) is 5.05. The van der Waals surface area contributed by atoms with Crippen LogP contribution in [0.5, 0.6) is 0 Å². The maximum Gasteiger partial charge on any atom is 0.251 e. The molecular weight excluding hydrogens is 248 g/mol. The highest BCUT2D eigenvalue weighted by Crippen LogP contribution is 2.29. The molecule has 110 valence electrons. The van der Waals surface area contributed by atoms with Crippen molar-refractivity contribution in [3.05, 3.63) is 29.3 Å². The van der Waals surface area contributed by atoms with Crippen molar-refractivity contribution in [3.8, 4) is 0 Å². The summed E-state index contributed by atoms with van der Waals surface area (Å²) in [5.74, 6) is 1.47. The molecule has 3 heteroatoms. The summed E-state index contributed by atoms with van der Waals surface area (Å²) in [6.45, 7) is 8.21. The molecular formula is C17H26N2O. The minimum absolute atomic E-state index is 0.0277. The largest absolute Gasteiger partial charge is 0.385 e. The number of carbonyl (C=O) groups excluding carboxylic acids is 1. The average Bonchev–Trinajstić information content (AvgIpc) is 2.58. The van der Waals surface area contributed by atoms with E-state index in [4.69, 9.17) is 0 Å². The molecule has 1 aromatic carbocycles. The molecule has 0 aliphatic carbocycles. The molecule has 0 fully saturated rings. The van der Waals surface area contributed by atoms with Crippen LogP contribution in [0.1, 0.15) is 49.5 Å². The van der Waals surface area contributed by atoms with Gasteiger partial charge in [0.2, 0.25) is 0 Å². The fraction of sp³-hybridized carbons (Fsp3) is 0.588. The quantitative estimate of drug-likeness (QED) is 0.883. The molecule has 1 aromatic rings. The highest BCUT2D eigenvalue weighted by molar-refractivity contribution is 5.94. The summed E-state index contributed by atoms with van der Waals surface area (Å²) in [7, 11) is 0. The number of nitrogens with one attached hydrogen (secondary N) is 2. The van der Waals surface area contributed by atoms with Crippen LogP contribution in [0.3, 0.4) is 0 Å². The first-order valence-corrected chi connectivity index (χ1v) is 7.75. The molecule has 2 rings (SSSR count). The molecule has 0 saturated heterocycles. The maximum atomic E-state index is 11.9. The van der Waals surface area contributed by atoms with E-state index < -0.39 is 0 Å². The van der Waals surface area contributed by atoms with E-state index in [1.54, 1.807) is 0 Å². The lowest BCUT2D eigenvalue weighted by molar-refractivity contribution is 0.0955. The highest BCUT2D eigenvalue weighted by atomic mass is 16.1. The van der Waals surface area contributed by atoms with Crippen LogP contribution in [-0.4, -0.2) is 19.0 Å². The first kappa shape index (κ1) is 14.9. The second kappa shape index (κ2) is 6.78. The molecule has 1 heterocycles. The minimum atomic E-state index is 0.0277. The van der Waals surface area contributed by atoms with Crippen LogP contribution in [0.4, 0.5) is 5.69 Å². The molecule has 20 heavy (non-hydrogen) atoms. The van der Waals surface area contributed by atoms with Gasteiger partial charge in [0.05, 0.1) is 0 Å². The summed E-state index contributed by atoms with van der Waals surface area (Å²) in [5, 5.41) is 6.36. The monoisotopic (exact) mass is 274 g/mol. The van der Waals surface area contributed by atoms with E-state index in [1.165, 1.54) is 24.1 Å². The second-order valence-corrected chi connectivity index (χ2v) is 6.15. The Labute approximate surface area is 122 Å². The van der Waals surface area contributed by atoms with E-state index >= 15 is 0 Å². The normalized spacial score (nSPS) is 18.1. The fourth-order valence-corrected chi connectivity index (χ4v) is 3.03. The Morgan fingerprint density at radius 2 is 2.25 bits per heavy atom. The van der Waals surface area contributed by atoms with Crippen molar-refractivity contribution in [2.24, 2.45) is 11.8 Å². The smallest absolute Gasteiger partial charge is 0.251 e. The Morgan fingerprint density at radius 1 is 1.45 bits per heavy atom. The molecule has 1 amide bonds. The summed E-state index contributed by atoms with van der Waals surface area (Å²) in [5.41, 5.74) is 3.26. The third-order valence-corrected chi connectivity index (χ3v) is 3.89. The van der Waals surface area contributed by atoms with Gasteiger partial charge in [0.25, 0.3) is 5.91 Å². The van der Waals surface area contributed by atoms with Crippen LogP contribution >= 0.6 is 0 Å². The van der Waals surface area contributed by atoms with Gasteiger partial charge in [0.15, 0.2) is 0 Å². The fourth-order valence-electron chi connectivity index (χ4n) is 3.03. The topological polar surface area (TPSA) is 41.1 Å². The van der Waals surface area contributed by atoms with Gasteiger partial charge in [0, 0.05) is 24.3 Å². The van der Waals surface area contributed by atoms with E-state index in [0.717, 1.165) is 24.4 Å². The summed E-state index contributed by atoms with van der Waals surface area (Å²) in [4.78, 5) is 11.9. The third kappa shape index (κ3) is 3.75. The predicted octanol–water partition coefficient (Wildman–Crippen LogP) is 3.46. The van der Waals surface area contributed by atoms with Crippen molar-refractivity contribution >= 4 is 11.6 Å². The van der Waals surface area contributed by atoms with Crippen molar-refractivity contribution in [2.75, 3.05) is 18.4 Å². The molecule has 0 aromatic heterocycles. The number of carbonyl (C=O) groups is 1. The van der Waals surface area contributed by atoms with Crippen LogP contribution in [-0.2, 0) is 6.42 Å². The molecule has 0 radical (unpaired) electrons. The highest BCUT2D eigenvalue weighted by Gasteiger charge is 2.18. The van der Waals surface area contributed by atoms with E-state index in [1.807, 2.05) is 13.0 Å². The van der Waals surface area contributed by atoms with Crippen molar-refractivity contribution in [2.45, 2.75) is 40.0 Å². The van der Waals surface area contributed by atoms with Crippen molar-refractivity contribution in [3.63, 3.8) is 0 Å². The molecule has 3 nitrogen and oxygen atoms in total. The number of benzene rings is 1. The lowest BCUT2D eigenvalue weighted by atomic mass is 9.88. The van der Waals surface area contributed by atoms with Gasteiger partial charge in [-0.15, -0.1) is 0 Å². The van der Waals surface area contributed by atoms with E-state index in [9.17, 15) is 4.79 Å². The van der Waals surface area contributed by atoms with Crippen LogP contribution in [0, 0.1) is 11.8 Å². The van der Waals surface area contributed by atoms with Gasteiger partial charge in [-0.1, -0.05) is 13.8 Å². The zero-order chi connectivity index (χ0) is 14.5. The predicted molar refractivity (Wildman–Crippen MR) is 84.2 cm³/mol. The zero-order valence-corrected chi connectivity index (χ0v) is 12.8. The summed E-state index contributed by atoms with van der Waals surface area (Å²) in [6.07, 6.45) is 3.55. The second-order valence-electron chi connectivity index (χ2n) is 6.15. The van der Waals surface area contributed by atoms with Crippen LogP contribution in [0.2, 0.25) is 0 Å². The van der Waals surface area contributed by atoms with E-state index in [0.29, 0.717) is 12.5 Å². The van der Waals surface area contributed by atoms with E-state index in [2.05, 4.69) is 36.6 Å². The SMILES string of the molecule is CCNC(=O)c1ccc2c(c1)CC(CC(C)C)CCN2. The first-order valence-electron chi connectivity index (χ1n) is 7.75. The van der Waals surface area contributed by atoms with Gasteiger partial charge >= 0.3 is 0 Å².